The smallest absolute Gasteiger partial charge is 0.227 e. The lowest BCUT2D eigenvalue weighted by Gasteiger charge is -2.18. The minimum absolute atomic E-state index is 0.0482. The van der Waals surface area contributed by atoms with Crippen molar-refractivity contribution in [2.75, 3.05) is 0 Å². The molecule has 1 saturated carbocycles. The Morgan fingerprint density at radius 3 is 3.10 bits per heavy atom. The molecule has 3 rings (SSSR count). The molecule has 2 aromatic rings. The van der Waals surface area contributed by atoms with E-state index in [9.17, 15) is 4.79 Å². The fourth-order valence-corrected chi connectivity index (χ4v) is 2.63. The quantitative estimate of drug-likeness (QED) is 0.858. The fraction of sp³-hybridized carbons (Fsp3) is 0.467. The number of hydrogen-bond acceptors (Lipinski definition) is 5. The number of Topliss-reactive ketones (excluding diaryl/α,β-unsaturated/α-hetero) is 1. The van der Waals surface area contributed by atoms with Crippen LogP contribution in [0.25, 0.3) is 11.4 Å². The number of nitrogens with zero attached hydrogens (tertiary/aromatic N) is 3. The number of carbonyl (C=O) groups is 1. The molecule has 1 aliphatic carbocycles. The molecule has 2 heterocycles. The first-order valence-electron chi connectivity index (χ1n) is 7.00. The fourth-order valence-electron chi connectivity index (χ4n) is 2.63. The second kappa shape index (κ2) is 5.53. The van der Waals surface area contributed by atoms with Gasteiger partial charge in [0.25, 0.3) is 0 Å². The number of pyridine rings is 1. The maximum absolute atomic E-state index is 11.8. The summed E-state index contributed by atoms with van der Waals surface area (Å²) in [5.74, 6) is 1.47. The minimum Gasteiger partial charge on any atom is -0.339 e. The molecule has 20 heavy (non-hydrogen) atoms. The molecular formula is C15H17N3O2. The highest BCUT2D eigenvalue weighted by molar-refractivity contribution is 5.81. The highest BCUT2D eigenvalue weighted by atomic mass is 16.5. The lowest BCUT2D eigenvalue weighted by Crippen LogP contribution is -2.21. The Hall–Kier alpha value is -2.04. The summed E-state index contributed by atoms with van der Waals surface area (Å²) in [6, 6.07) is 1.91. The van der Waals surface area contributed by atoms with E-state index in [1.807, 2.05) is 13.0 Å². The van der Waals surface area contributed by atoms with Gasteiger partial charge in [-0.1, -0.05) is 11.6 Å². The number of carbonyl (C=O) groups excluding carboxylic acids is 1. The van der Waals surface area contributed by atoms with E-state index in [-0.39, 0.29) is 5.92 Å². The number of aryl methyl sites for hydroxylation is 1. The van der Waals surface area contributed by atoms with Gasteiger partial charge in [-0.05, 0) is 31.4 Å². The van der Waals surface area contributed by atoms with Crippen LogP contribution in [0.1, 0.15) is 37.1 Å². The summed E-state index contributed by atoms with van der Waals surface area (Å²) in [7, 11) is 0. The third-order valence-electron chi connectivity index (χ3n) is 3.85. The summed E-state index contributed by atoms with van der Waals surface area (Å²) in [5.41, 5.74) is 1.93. The van der Waals surface area contributed by atoms with Crippen LogP contribution in [0, 0.1) is 12.8 Å². The van der Waals surface area contributed by atoms with E-state index in [0.717, 1.165) is 30.4 Å². The zero-order valence-electron chi connectivity index (χ0n) is 11.5. The highest BCUT2D eigenvalue weighted by Crippen LogP contribution is 2.25. The predicted molar refractivity (Wildman–Crippen MR) is 72.9 cm³/mol. The van der Waals surface area contributed by atoms with E-state index in [2.05, 4.69) is 15.1 Å². The third-order valence-corrected chi connectivity index (χ3v) is 3.85. The molecule has 0 aliphatic heterocycles. The van der Waals surface area contributed by atoms with Crippen molar-refractivity contribution in [1.82, 2.24) is 15.1 Å². The van der Waals surface area contributed by atoms with Crippen molar-refractivity contribution < 1.29 is 9.32 Å². The van der Waals surface area contributed by atoms with Gasteiger partial charge in [0.05, 0.1) is 0 Å². The lowest BCUT2D eigenvalue weighted by molar-refractivity contribution is -0.124. The van der Waals surface area contributed by atoms with Crippen LogP contribution < -0.4 is 0 Å². The number of rotatable bonds is 3. The zero-order valence-corrected chi connectivity index (χ0v) is 11.5. The number of aromatic nitrogens is 3. The molecule has 1 fully saturated rings. The molecule has 0 N–H and O–H groups in total. The molecule has 0 radical (unpaired) electrons. The Balaban J connectivity index is 1.77. The Labute approximate surface area is 117 Å². The highest BCUT2D eigenvalue weighted by Gasteiger charge is 2.25. The van der Waals surface area contributed by atoms with Gasteiger partial charge in [0.15, 0.2) is 0 Å². The molecule has 1 aliphatic rings. The third kappa shape index (κ3) is 2.61. The van der Waals surface area contributed by atoms with Crippen LogP contribution >= 0.6 is 0 Å². The molecule has 5 heteroatoms. The summed E-state index contributed by atoms with van der Waals surface area (Å²) >= 11 is 0. The molecular weight excluding hydrogens is 254 g/mol. The SMILES string of the molecule is Cc1ccncc1-c1noc(CC2CCCCC2=O)n1. The maximum Gasteiger partial charge on any atom is 0.227 e. The molecule has 0 saturated heterocycles. The summed E-state index contributed by atoms with van der Waals surface area (Å²) in [6.07, 6.45) is 7.77. The van der Waals surface area contributed by atoms with Crippen LogP contribution in [-0.4, -0.2) is 20.9 Å². The van der Waals surface area contributed by atoms with Gasteiger partial charge in [-0.15, -0.1) is 0 Å². The first-order chi connectivity index (χ1) is 9.74. The van der Waals surface area contributed by atoms with Crippen LogP contribution in [0.3, 0.4) is 0 Å². The first-order valence-corrected chi connectivity index (χ1v) is 7.00. The lowest BCUT2D eigenvalue weighted by atomic mass is 9.86. The summed E-state index contributed by atoms with van der Waals surface area (Å²) in [6.45, 7) is 1.98. The van der Waals surface area contributed by atoms with Crippen LogP contribution in [0.15, 0.2) is 23.0 Å². The molecule has 0 aromatic carbocycles. The molecule has 1 unspecified atom stereocenters. The Morgan fingerprint density at radius 2 is 2.30 bits per heavy atom. The normalized spacial score (nSPS) is 19.2. The predicted octanol–water partition coefficient (Wildman–Crippen LogP) is 2.74. The maximum atomic E-state index is 11.8. The Kier molecular flexibility index (Phi) is 3.58. The van der Waals surface area contributed by atoms with Gasteiger partial charge in [0.2, 0.25) is 11.7 Å². The van der Waals surface area contributed by atoms with Gasteiger partial charge in [-0.3, -0.25) is 9.78 Å². The molecule has 2 aromatic heterocycles. The van der Waals surface area contributed by atoms with Crippen molar-refractivity contribution in [3.05, 3.63) is 29.9 Å². The van der Waals surface area contributed by atoms with Crippen molar-refractivity contribution in [3.63, 3.8) is 0 Å². The van der Waals surface area contributed by atoms with Gasteiger partial charge in [-0.25, -0.2) is 0 Å². The number of hydrogen-bond donors (Lipinski definition) is 0. The van der Waals surface area contributed by atoms with Gasteiger partial charge >= 0.3 is 0 Å². The van der Waals surface area contributed by atoms with Gasteiger partial charge in [-0.2, -0.15) is 4.98 Å². The summed E-state index contributed by atoms with van der Waals surface area (Å²) in [4.78, 5) is 20.3. The summed E-state index contributed by atoms with van der Waals surface area (Å²) in [5, 5.41) is 4.00. The first kappa shape index (κ1) is 13.0. The van der Waals surface area contributed by atoms with E-state index >= 15 is 0 Å². The molecule has 1 atom stereocenters. The second-order valence-corrected chi connectivity index (χ2v) is 5.32. The molecule has 0 spiro atoms. The molecule has 104 valence electrons. The van der Waals surface area contributed by atoms with Crippen molar-refractivity contribution >= 4 is 5.78 Å². The zero-order chi connectivity index (χ0) is 13.9. The molecule has 0 amide bonds. The average molecular weight is 271 g/mol. The Morgan fingerprint density at radius 1 is 1.40 bits per heavy atom. The van der Waals surface area contributed by atoms with Crippen molar-refractivity contribution in [2.24, 2.45) is 5.92 Å². The second-order valence-electron chi connectivity index (χ2n) is 5.32. The van der Waals surface area contributed by atoms with Crippen LogP contribution in [0.5, 0.6) is 0 Å². The van der Waals surface area contributed by atoms with E-state index < -0.39 is 0 Å². The van der Waals surface area contributed by atoms with Crippen molar-refractivity contribution in [3.8, 4) is 11.4 Å². The van der Waals surface area contributed by atoms with Crippen molar-refractivity contribution in [1.29, 1.82) is 0 Å². The van der Waals surface area contributed by atoms with E-state index in [4.69, 9.17) is 4.52 Å². The standard InChI is InChI=1S/C15H17N3O2/c1-10-6-7-16-9-12(10)15-17-14(20-18-15)8-11-4-2-3-5-13(11)19/h6-7,9,11H,2-5,8H2,1H3. The van der Waals surface area contributed by atoms with Gasteiger partial charge in [0.1, 0.15) is 5.78 Å². The average Bonchev–Trinajstić information content (AvgIpc) is 2.90. The molecule has 5 nitrogen and oxygen atoms in total. The van der Waals surface area contributed by atoms with Crippen molar-refractivity contribution in [2.45, 2.75) is 39.0 Å². The van der Waals surface area contributed by atoms with E-state index in [1.165, 1.54) is 0 Å². The molecule has 0 bridgehead atoms. The van der Waals surface area contributed by atoms with Crippen LogP contribution in [0.4, 0.5) is 0 Å². The van der Waals surface area contributed by atoms with Crippen LogP contribution in [0.2, 0.25) is 0 Å². The topological polar surface area (TPSA) is 68.9 Å². The summed E-state index contributed by atoms with van der Waals surface area (Å²) < 4.78 is 5.28. The van der Waals surface area contributed by atoms with E-state index in [1.54, 1.807) is 12.4 Å². The Bertz CT molecular complexity index is 621. The van der Waals surface area contributed by atoms with Crippen LogP contribution in [-0.2, 0) is 11.2 Å². The van der Waals surface area contributed by atoms with E-state index in [0.29, 0.717) is 30.3 Å². The number of ketones is 1. The largest absolute Gasteiger partial charge is 0.339 e. The monoisotopic (exact) mass is 271 g/mol. The van der Waals surface area contributed by atoms with Gasteiger partial charge < -0.3 is 4.52 Å². The minimum atomic E-state index is 0.0482. The van der Waals surface area contributed by atoms with Gasteiger partial charge in [0, 0.05) is 36.7 Å².